The number of nitrogens with zero attached hydrogens (tertiary/aromatic N) is 8. The fourth-order valence-electron chi connectivity index (χ4n) is 8.53. The van der Waals surface area contributed by atoms with Gasteiger partial charge in [0.2, 0.25) is 5.89 Å². The largest absolute Gasteiger partial charge is 0.481 e. The van der Waals surface area contributed by atoms with Crippen LogP contribution in [0.3, 0.4) is 0 Å². The number of aromatic nitrogens is 4. The third-order valence-electron chi connectivity index (χ3n) is 11.3. The van der Waals surface area contributed by atoms with Gasteiger partial charge in [0.15, 0.2) is 17.2 Å². The summed E-state index contributed by atoms with van der Waals surface area (Å²) in [5, 5.41) is 29.4. The summed E-state index contributed by atoms with van der Waals surface area (Å²) in [6.07, 6.45) is 0.432. The van der Waals surface area contributed by atoms with Gasteiger partial charge in [0.25, 0.3) is 6.43 Å². The molecule has 0 saturated carbocycles. The second-order valence-corrected chi connectivity index (χ2v) is 15.0. The highest BCUT2D eigenvalue weighted by molar-refractivity contribution is 5.92. The van der Waals surface area contributed by atoms with Gasteiger partial charge in [-0.3, -0.25) is 19.6 Å². The lowest BCUT2D eigenvalue weighted by Gasteiger charge is -2.21. The number of aliphatic hydroxyl groups is 1. The van der Waals surface area contributed by atoms with Crippen LogP contribution in [0.1, 0.15) is 52.9 Å². The molecule has 2 atom stereocenters. The Bertz CT molecular complexity index is 2570. The van der Waals surface area contributed by atoms with Gasteiger partial charge in [-0.2, -0.15) is 5.26 Å². The summed E-state index contributed by atoms with van der Waals surface area (Å²) < 4.78 is 34.8. The van der Waals surface area contributed by atoms with Crippen molar-refractivity contribution in [2.24, 2.45) is 5.92 Å². The van der Waals surface area contributed by atoms with E-state index in [1.807, 2.05) is 48.2 Å². The van der Waals surface area contributed by atoms with Gasteiger partial charge in [-0.25, -0.2) is 23.7 Å². The van der Waals surface area contributed by atoms with Crippen molar-refractivity contribution in [3.05, 3.63) is 94.4 Å². The number of hydrogen-bond donors (Lipinski definition) is 2. The second-order valence-electron chi connectivity index (χ2n) is 15.0. The van der Waals surface area contributed by atoms with E-state index in [0.29, 0.717) is 97.9 Å². The Balaban J connectivity index is 1.04. The highest BCUT2D eigenvalue weighted by Crippen LogP contribution is 2.43. The molecule has 2 saturated heterocycles. The Morgan fingerprint density at radius 3 is 2.46 bits per heavy atom. The standard InChI is InChI=1S/C42H38F2N8O4/c1-23-29(4-2-5-30(23)41-48-34-15-24(14-27(17-45)37(34)56-41)19-50-11-8-26(21-50)42(54)55)31-6-3-7-35-32(31)10-13-52(35)40-36-33(47-39(49-40)38(43)44)16-25(18-46-36)20-51-12-9-28(53)22-51/h2-7,14-16,18,26,28,38,53H,8-13,19-22H2,1H3,(H,54,55)/t26-,28-/m1/s1. The molecule has 2 fully saturated rings. The van der Waals surface area contributed by atoms with Crippen LogP contribution in [0.2, 0.25) is 0 Å². The lowest BCUT2D eigenvalue weighted by Crippen LogP contribution is -2.22. The van der Waals surface area contributed by atoms with Gasteiger partial charge in [0.05, 0.1) is 23.1 Å². The number of aliphatic carboxylic acids is 1. The van der Waals surface area contributed by atoms with E-state index in [1.165, 1.54) is 0 Å². The molecular weight excluding hydrogens is 719 g/mol. The van der Waals surface area contributed by atoms with Crippen LogP contribution in [0, 0.1) is 24.2 Å². The molecule has 14 heteroatoms. The first-order valence-electron chi connectivity index (χ1n) is 18.8. The number of carbonyl (C=O) groups is 1. The molecular formula is C42H38F2N8O4. The number of likely N-dealkylation sites (tertiary alicyclic amines) is 2. The number of hydrogen-bond acceptors (Lipinski definition) is 11. The molecule has 6 heterocycles. The number of pyridine rings is 1. The van der Waals surface area contributed by atoms with Crippen molar-refractivity contribution in [1.29, 1.82) is 5.26 Å². The van der Waals surface area contributed by atoms with Crippen molar-refractivity contribution in [3.8, 4) is 28.7 Å². The van der Waals surface area contributed by atoms with Crippen LogP contribution in [0.25, 0.3) is 44.7 Å². The zero-order chi connectivity index (χ0) is 38.7. The summed E-state index contributed by atoms with van der Waals surface area (Å²) in [4.78, 5) is 35.8. The number of β-amino-alcohol motifs (C(OH)–C–C–N with tert-alkyl or cyclic N) is 1. The fraction of sp³-hybridized carbons (Fsp3) is 0.333. The predicted octanol–water partition coefficient (Wildman–Crippen LogP) is 6.79. The summed E-state index contributed by atoms with van der Waals surface area (Å²) >= 11 is 0. The molecule has 2 N–H and O–H groups in total. The molecule has 0 aliphatic carbocycles. The quantitative estimate of drug-likeness (QED) is 0.160. The molecule has 0 unspecified atom stereocenters. The molecule has 9 rings (SSSR count). The van der Waals surface area contributed by atoms with E-state index < -0.39 is 24.1 Å². The van der Waals surface area contributed by atoms with Crippen molar-refractivity contribution < 1.29 is 28.2 Å². The average molecular weight is 757 g/mol. The molecule has 3 aliphatic rings. The number of fused-ring (bicyclic) bond motifs is 3. The van der Waals surface area contributed by atoms with E-state index in [9.17, 15) is 29.1 Å². The smallest absolute Gasteiger partial charge is 0.307 e. The molecule has 284 valence electrons. The maximum atomic E-state index is 14.2. The lowest BCUT2D eigenvalue weighted by atomic mass is 9.92. The topological polar surface area (TPSA) is 156 Å². The van der Waals surface area contributed by atoms with Crippen LogP contribution < -0.4 is 4.90 Å². The van der Waals surface area contributed by atoms with Gasteiger partial charge in [-0.05, 0) is 96.4 Å². The maximum absolute atomic E-state index is 14.2. The van der Waals surface area contributed by atoms with Gasteiger partial charge in [0, 0.05) is 56.7 Å². The van der Waals surface area contributed by atoms with Crippen LogP contribution in [-0.2, 0) is 24.3 Å². The molecule has 0 amide bonds. The summed E-state index contributed by atoms with van der Waals surface area (Å²) in [7, 11) is 0. The van der Waals surface area contributed by atoms with Crippen LogP contribution in [0.4, 0.5) is 20.3 Å². The Kier molecular flexibility index (Phi) is 9.15. The first-order valence-corrected chi connectivity index (χ1v) is 18.8. The molecule has 56 heavy (non-hydrogen) atoms. The predicted molar refractivity (Wildman–Crippen MR) is 204 cm³/mol. The van der Waals surface area contributed by atoms with Gasteiger partial charge >= 0.3 is 5.97 Å². The van der Waals surface area contributed by atoms with Crippen molar-refractivity contribution in [3.63, 3.8) is 0 Å². The number of aliphatic hydroxyl groups excluding tert-OH is 1. The number of anilines is 2. The highest BCUT2D eigenvalue weighted by atomic mass is 19.3. The zero-order valence-corrected chi connectivity index (χ0v) is 30.6. The van der Waals surface area contributed by atoms with E-state index >= 15 is 0 Å². The average Bonchev–Trinajstić information content (AvgIpc) is 4.01. The summed E-state index contributed by atoms with van der Waals surface area (Å²) in [5.41, 5.74) is 9.35. The summed E-state index contributed by atoms with van der Waals surface area (Å²) in [6, 6.07) is 19.6. The van der Waals surface area contributed by atoms with E-state index in [2.05, 4.69) is 31.9 Å². The molecule has 12 nitrogen and oxygen atoms in total. The van der Waals surface area contributed by atoms with E-state index in [0.717, 1.165) is 51.2 Å². The summed E-state index contributed by atoms with van der Waals surface area (Å²) in [5.74, 6) is -1.02. The number of benzene rings is 3. The first-order chi connectivity index (χ1) is 27.1. The normalized spacial score (nSPS) is 18.8. The summed E-state index contributed by atoms with van der Waals surface area (Å²) in [6.45, 7) is 6.00. The van der Waals surface area contributed by atoms with Gasteiger partial charge in [0.1, 0.15) is 17.1 Å². The molecule has 3 aliphatic heterocycles. The van der Waals surface area contributed by atoms with Gasteiger partial charge < -0.3 is 19.5 Å². The Hall–Kier alpha value is -5.88. The molecule has 0 spiro atoms. The first kappa shape index (κ1) is 35.8. The number of nitriles is 1. The van der Waals surface area contributed by atoms with Crippen LogP contribution in [0.5, 0.6) is 0 Å². The third-order valence-corrected chi connectivity index (χ3v) is 11.3. The minimum Gasteiger partial charge on any atom is -0.481 e. The van der Waals surface area contributed by atoms with E-state index in [-0.39, 0.29) is 6.10 Å². The van der Waals surface area contributed by atoms with Gasteiger partial charge in [-0.1, -0.05) is 24.3 Å². The zero-order valence-electron chi connectivity index (χ0n) is 30.6. The number of carboxylic acids is 1. The van der Waals surface area contributed by atoms with Crippen molar-refractivity contribution in [2.45, 2.75) is 51.8 Å². The van der Waals surface area contributed by atoms with Crippen molar-refractivity contribution in [1.82, 2.24) is 29.7 Å². The highest BCUT2D eigenvalue weighted by Gasteiger charge is 2.31. The monoisotopic (exact) mass is 756 g/mol. The van der Waals surface area contributed by atoms with Crippen molar-refractivity contribution >= 4 is 39.6 Å². The number of rotatable bonds is 9. The molecule has 0 bridgehead atoms. The number of halogens is 2. The van der Waals surface area contributed by atoms with Crippen LogP contribution in [-0.4, -0.2) is 84.7 Å². The lowest BCUT2D eigenvalue weighted by molar-refractivity contribution is -0.141. The Morgan fingerprint density at radius 2 is 1.70 bits per heavy atom. The molecule has 6 aromatic rings. The van der Waals surface area contributed by atoms with Crippen LogP contribution >= 0.6 is 0 Å². The Labute approximate surface area is 320 Å². The number of alkyl halides is 2. The molecule has 3 aromatic carbocycles. The Morgan fingerprint density at radius 1 is 0.946 bits per heavy atom. The van der Waals surface area contributed by atoms with E-state index in [1.54, 1.807) is 18.3 Å². The van der Waals surface area contributed by atoms with Crippen molar-refractivity contribution in [2.75, 3.05) is 37.6 Å². The van der Waals surface area contributed by atoms with Gasteiger partial charge in [-0.15, -0.1) is 0 Å². The third kappa shape index (κ3) is 6.51. The van der Waals surface area contributed by atoms with Crippen LogP contribution in [0.15, 0.2) is 65.2 Å². The maximum Gasteiger partial charge on any atom is 0.307 e. The fourth-order valence-corrected chi connectivity index (χ4v) is 8.53. The van der Waals surface area contributed by atoms with E-state index in [4.69, 9.17) is 14.4 Å². The number of carboxylic acid groups (broad SMARTS) is 1. The molecule has 0 radical (unpaired) electrons. The second kappa shape index (κ2) is 14.3. The molecule has 3 aromatic heterocycles. The minimum absolute atomic E-state index is 0.334. The SMILES string of the molecule is Cc1c(-c2nc3cc(CN4CC[C@@H](C(=O)O)C4)cc(C#N)c3o2)cccc1-c1cccc2c1CCN2c1nc(C(F)F)nc2cc(CN3CC[C@@H](O)C3)cnc12. The minimum atomic E-state index is -2.87. The number of oxazole rings is 1.